The highest BCUT2D eigenvalue weighted by Crippen LogP contribution is 2.48. The number of hydrogen-bond donors (Lipinski definition) is 0. The minimum atomic E-state index is -0.135. The summed E-state index contributed by atoms with van der Waals surface area (Å²) in [4.78, 5) is 6.03. The van der Waals surface area contributed by atoms with E-state index < -0.39 is 0 Å². The molecule has 2 unspecified atom stereocenters. The number of fused-ring (bicyclic) bond motifs is 1. The number of nitrogens with zero attached hydrogens (tertiary/aromatic N) is 2. The first-order chi connectivity index (χ1) is 11.4. The van der Waals surface area contributed by atoms with E-state index in [1.54, 1.807) is 0 Å². The van der Waals surface area contributed by atoms with Crippen molar-refractivity contribution in [1.82, 2.24) is 0 Å². The Morgan fingerprint density at radius 1 is 1.46 bits per heavy atom. The van der Waals surface area contributed by atoms with Crippen molar-refractivity contribution in [1.29, 1.82) is 0 Å². The first-order valence-corrected chi connectivity index (χ1v) is 9.45. The molecule has 1 saturated heterocycles. The van der Waals surface area contributed by atoms with Gasteiger partial charge in [0.1, 0.15) is 0 Å². The fourth-order valence-electron chi connectivity index (χ4n) is 3.63. The van der Waals surface area contributed by atoms with E-state index in [1.807, 2.05) is 12.1 Å². The lowest BCUT2D eigenvalue weighted by atomic mass is 9.85. The molecule has 2 aliphatic heterocycles. The lowest BCUT2D eigenvalue weighted by molar-refractivity contribution is -0.170. The van der Waals surface area contributed by atoms with E-state index in [-0.39, 0.29) is 11.7 Å². The average Bonchev–Trinajstić information content (AvgIpc) is 2.88. The maximum atomic E-state index is 7.37. The first kappa shape index (κ1) is 17.7. The summed E-state index contributed by atoms with van der Waals surface area (Å²) in [6, 6.07) is 4.34. The Bertz CT molecular complexity index is 650. The van der Waals surface area contributed by atoms with Crippen LogP contribution in [0.5, 0.6) is 0 Å². The zero-order chi connectivity index (χ0) is 17.3. The predicted octanol–water partition coefficient (Wildman–Crippen LogP) is 5.03. The predicted molar refractivity (Wildman–Crippen MR) is 99.8 cm³/mol. The molecule has 0 aromatic heterocycles. The van der Waals surface area contributed by atoms with Crippen LogP contribution in [-0.4, -0.2) is 32.1 Å². The molecule has 24 heavy (non-hydrogen) atoms. The van der Waals surface area contributed by atoms with Crippen LogP contribution in [-0.2, 0) is 14.9 Å². The summed E-state index contributed by atoms with van der Waals surface area (Å²) in [6.45, 7) is 16.3. The van der Waals surface area contributed by atoms with Gasteiger partial charge in [0.15, 0.2) is 12.0 Å². The number of rotatable bonds is 4. The molecule has 2 aliphatic rings. The molecule has 0 aliphatic carbocycles. The minimum absolute atomic E-state index is 0.0837. The zero-order valence-corrected chi connectivity index (χ0v) is 16.2. The summed E-state index contributed by atoms with van der Waals surface area (Å²) in [5.41, 5.74) is 2.94. The molecule has 0 saturated carbocycles. The molecule has 1 aromatic carbocycles. The summed E-state index contributed by atoms with van der Waals surface area (Å²) in [7, 11) is 0. The molecule has 0 N–H and O–H groups in total. The minimum Gasteiger partial charge on any atom is -0.367 e. The summed E-state index contributed by atoms with van der Waals surface area (Å²) < 4.78 is 12.8. The largest absolute Gasteiger partial charge is 0.367 e. The Balaban J connectivity index is 1.89. The van der Waals surface area contributed by atoms with Crippen molar-refractivity contribution in [3.05, 3.63) is 33.6 Å². The molecular weight excluding hydrogens is 368 g/mol. The molecule has 0 radical (unpaired) electrons. The molecule has 5 heteroatoms. The Labute approximate surface area is 153 Å². The molecule has 3 rings (SSSR count). The molecule has 1 fully saturated rings. The maximum Gasteiger partial charge on any atom is 0.188 e. The smallest absolute Gasteiger partial charge is 0.188 e. The summed E-state index contributed by atoms with van der Waals surface area (Å²) in [5.74, 6) is 0. The van der Waals surface area contributed by atoms with Crippen LogP contribution in [0, 0.1) is 6.57 Å². The Morgan fingerprint density at radius 2 is 2.25 bits per heavy atom. The van der Waals surface area contributed by atoms with Crippen molar-refractivity contribution < 1.29 is 9.47 Å². The molecule has 0 amide bonds. The van der Waals surface area contributed by atoms with Crippen LogP contribution in [0.15, 0.2) is 16.6 Å². The number of anilines is 1. The second-order valence-corrected chi connectivity index (χ2v) is 8.18. The van der Waals surface area contributed by atoms with E-state index in [0.29, 0.717) is 18.3 Å². The van der Waals surface area contributed by atoms with Gasteiger partial charge >= 0.3 is 0 Å². The van der Waals surface area contributed by atoms with E-state index in [1.165, 1.54) is 17.7 Å². The van der Waals surface area contributed by atoms with Crippen LogP contribution < -0.4 is 4.90 Å². The van der Waals surface area contributed by atoms with Gasteiger partial charge in [0, 0.05) is 29.1 Å². The van der Waals surface area contributed by atoms with E-state index in [4.69, 9.17) is 16.0 Å². The Morgan fingerprint density at radius 3 is 2.88 bits per heavy atom. The van der Waals surface area contributed by atoms with Crippen molar-refractivity contribution in [2.75, 3.05) is 24.7 Å². The highest BCUT2D eigenvalue weighted by atomic mass is 79.9. The van der Waals surface area contributed by atoms with Gasteiger partial charge in [-0.15, -0.1) is 0 Å². The van der Waals surface area contributed by atoms with Gasteiger partial charge in [-0.25, -0.2) is 4.85 Å². The molecule has 2 heterocycles. The van der Waals surface area contributed by atoms with E-state index in [9.17, 15) is 0 Å². The van der Waals surface area contributed by atoms with Crippen molar-refractivity contribution in [3.8, 4) is 0 Å². The van der Waals surface area contributed by atoms with E-state index >= 15 is 0 Å². The van der Waals surface area contributed by atoms with E-state index in [2.05, 4.69) is 46.4 Å². The third-order valence-corrected chi connectivity index (χ3v) is 5.59. The SMILES string of the molecule is [C-]#[N+]c1cc(Br)c2c(c1)C(C)(COC1CCCCO1)CN2C(C)C. The van der Waals surface area contributed by atoms with Crippen molar-refractivity contribution in [2.24, 2.45) is 0 Å². The van der Waals surface area contributed by atoms with Gasteiger partial charge in [-0.1, -0.05) is 13.0 Å². The summed E-state index contributed by atoms with van der Waals surface area (Å²) >= 11 is 3.68. The third kappa shape index (κ3) is 3.33. The molecule has 0 bridgehead atoms. The normalized spacial score (nSPS) is 26.5. The lowest BCUT2D eigenvalue weighted by Crippen LogP contribution is -2.39. The van der Waals surface area contributed by atoms with Gasteiger partial charge in [0.25, 0.3) is 0 Å². The quantitative estimate of drug-likeness (QED) is 0.672. The van der Waals surface area contributed by atoms with Crippen LogP contribution in [0.3, 0.4) is 0 Å². The van der Waals surface area contributed by atoms with Crippen LogP contribution in [0.4, 0.5) is 11.4 Å². The van der Waals surface area contributed by atoms with Crippen molar-refractivity contribution in [2.45, 2.75) is 57.8 Å². The second-order valence-electron chi connectivity index (χ2n) is 7.33. The Hall–Kier alpha value is -1.09. The summed E-state index contributed by atoms with van der Waals surface area (Å²) in [6.07, 6.45) is 3.19. The van der Waals surface area contributed by atoms with Gasteiger partial charge in [-0.3, -0.25) is 0 Å². The highest BCUT2D eigenvalue weighted by Gasteiger charge is 2.42. The van der Waals surface area contributed by atoms with Gasteiger partial charge in [0.2, 0.25) is 0 Å². The van der Waals surface area contributed by atoms with Crippen LogP contribution in [0.2, 0.25) is 0 Å². The fourth-order valence-corrected chi connectivity index (χ4v) is 4.30. The number of hydrogen-bond acceptors (Lipinski definition) is 3. The third-order valence-electron chi connectivity index (χ3n) is 4.98. The number of benzene rings is 1. The standard InChI is InChI=1S/C19H25BrN2O2/c1-13(2)22-11-19(3,12-24-17-7-5-6-8-23-17)15-9-14(21-4)10-16(20)18(15)22/h9-10,13,17H,5-8,11-12H2,1-3H3. The summed E-state index contributed by atoms with van der Waals surface area (Å²) in [5, 5.41) is 0. The monoisotopic (exact) mass is 392 g/mol. The van der Waals surface area contributed by atoms with Crippen LogP contribution in [0.25, 0.3) is 4.85 Å². The van der Waals surface area contributed by atoms with Gasteiger partial charge in [0.05, 0.1) is 18.9 Å². The molecule has 0 spiro atoms. The van der Waals surface area contributed by atoms with Gasteiger partial charge in [-0.2, -0.15) is 0 Å². The van der Waals surface area contributed by atoms with Crippen molar-refractivity contribution in [3.63, 3.8) is 0 Å². The van der Waals surface area contributed by atoms with E-state index in [0.717, 1.165) is 30.5 Å². The fraction of sp³-hybridized carbons (Fsp3) is 0.632. The van der Waals surface area contributed by atoms with Crippen LogP contribution >= 0.6 is 15.9 Å². The van der Waals surface area contributed by atoms with Gasteiger partial charge in [-0.05, 0) is 60.7 Å². The highest BCUT2D eigenvalue weighted by molar-refractivity contribution is 9.10. The number of halogens is 1. The average molecular weight is 393 g/mol. The van der Waals surface area contributed by atoms with Crippen molar-refractivity contribution >= 4 is 27.3 Å². The van der Waals surface area contributed by atoms with Crippen LogP contribution in [0.1, 0.15) is 45.6 Å². The second kappa shape index (κ2) is 7.03. The molecule has 2 atom stereocenters. The molecular formula is C19H25BrN2O2. The zero-order valence-electron chi connectivity index (χ0n) is 14.6. The first-order valence-electron chi connectivity index (χ1n) is 8.66. The maximum absolute atomic E-state index is 7.37. The number of ether oxygens (including phenoxy) is 2. The molecule has 130 valence electrons. The molecule has 1 aromatic rings. The lowest BCUT2D eigenvalue weighted by Gasteiger charge is -2.31. The molecule has 4 nitrogen and oxygen atoms in total. The Kier molecular flexibility index (Phi) is 5.19. The van der Waals surface area contributed by atoms with Gasteiger partial charge < -0.3 is 14.4 Å². The topological polar surface area (TPSA) is 26.1 Å².